The molecule has 0 spiro atoms. The summed E-state index contributed by atoms with van der Waals surface area (Å²) in [4.78, 5) is 23.1. The Morgan fingerprint density at radius 1 is 1.08 bits per heavy atom. The van der Waals surface area contributed by atoms with Crippen LogP contribution < -0.4 is 15.4 Å². The van der Waals surface area contributed by atoms with E-state index < -0.39 is 10.0 Å². The largest absolute Gasteiger partial charge is 0.497 e. The molecule has 0 aliphatic carbocycles. The lowest BCUT2D eigenvalue weighted by atomic mass is 10.0. The summed E-state index contributed by atoms with van der Waals surface area (Å²) < 4.78 is 30.7. The molecule has 0 bridgehead atoms. The second kappa shape index (κ2) is 10.4. The number of nitrogens with zero attached hydrogens (tertiary/aromatic N) is 3. The maximum atomic E-state index is 13.7. The standard InChI is InChI=1S/C27H25N5O4S2/c1-17(29-16-15-18-7-13-21(14-8-18)38(28,34)35)24-25(19-9-11-20(36-2)12-10-19)31-32(26(24)33)27-30-22-5-3-4-6-23(22)37-27/h3-14,31H,15-16H2,1-2H3,(H2,28,34,35). The number of methoxy groups -OCH3 is 1. The van der Waals surface area contributed by atoms with Crippen LogP contribution in [0.1, 0.15) is 18.1 Å². The number of aliphatic imine (C=N–C) groups is 1. The van der Waals surface area contributed by atoms with Crippen molar-refractivity contribution in [1.82, 2.24) is 14.8 Å². The van der Waals surface area contributed by atoms with E-state index in [0.717, 1.165) is 21.3 Å². The fourth-order valence-electron chi connectivity index (χ4n) is 4.11. The first kappa shape index (κ1) is 25.6. The molecule has 3 N–H and O–H groups in total. The molecule has 3 aromatic carbocycles. The number of thiazole rings is 1. The molecule has 0 fully saturated rings. The molecular formula is C27H25N5O4S2. The van der Waals surface area contributed by atoms with Crippen LogP contribution in [0.25, 0.3) is 26.6 Å². The molecule has 9 nitrogen and oxygen atoms in total. The van der Waals surface area contributed by atoms with E-state index in [1.54, 1.807) is 19.2 Å². The van der Waals surface area contributed by atoms with Crippen LogP contribution in [0.15, 0.2) is 87.5 Å². The monoisotopic (exact) mass is 547 g/mol. The Bertz CT molecular complexity index is 1770. The van der Waals surface area contributed by atoms with Gasteiger partial charge in [0.15, 0.2) is 0 Å². The summed E-state index contributed by atoms with van der Waals surface area (Å²) in [5.41, 5.74) is 3.97. The Morgan fingerprint density at radius 2 is 1.79 bits per heavy atom. The molecule has 5 rings (SSSR count). The van der Waals surface area contributed by atoms with Crippen molar-refractivity contribution in [3.63, 3.8) is 0 Å². The van der Waals surface area contributed by atoms with E-state index in [-0.39, 0.29) is 10.5 Å². The summed E-state index contributed by atoms with van der Waals surface area (Å²) in [6, 6.07) is 21.6. The number of ether oxygens (including phenoxy) is 1. The molecule has 2 aromatic heterocycles. The molecule has 0 radical (unpaired) electrons. The minimum atomic E-state index is -3.74. The third-order valence-electron chi connectivity index (χ3n) is 6.11. The summed E-state index contributed by atoms with van der Waals surface area (Å²) in [6.07, 6.45) is 0.566. The van der Waals surface area contributed by atoms with Gasteiger partial charge in [-0.25, -0.2) is 18.5 Å². The van der Waals surface area contributed by atoms with E-state index in [2.05, 4.69) is 10.1 Å². The molecule has 0 saturated carbocycles. The Labute approximate surface area is 223 Å². The van der Waals surface area contributed by atoms with Gasteiger partial charge in [0.25, 0.3) is 5.56 Å². The van der Waals surface area contributed by atoms with Crippen LogP contribution in [-0.2, 0) is 16.4 Å². The number of nitrogens with one attached hydrogen (secondary N) is 1. The first-order valence-electron chi connectivity index (χ1n) is 11.7. The minimum absolute atomic E-state index is 0.0628. The molecule has 0 amide bonds. The summed E-state index contributed by atoms with van der Waals surface area (Å²) in [7, 11) is -2.14. The number of sulfonamides is 1. The van der Waals surface area contributed by atoms with Crippen molar-refractivity contribution in [1.29, 1.82) is 0 Å². The average Bonchev–Trinajstić information content (AvgIpc) is 3.49. The first-order valence-corrected chi connectivity index (χ1v) is 14.1. The zero-order valence-corrected chi connectivity index (χ0v) is 22.3. The first-order chi connectivity index (χ1) is 18.2. The number of rotatable bonds is 8. The number of H-pyrrole nitrogens is 1. The minimum Gasteiger partial charge on any atom is -0.497 e. The fourth-order valence-corrected chi connectivity index (χ4v) is 5.55. The lowest BCUT2D eigenvalue weighted by Gasteiger charge is -2.05. The predicted molar refractivity (Wildman–Crippen MR) is 150 cm³/mol. The van der Waals surface area contributed by atoms with Gasteiger partial charge in [-0.05, 0) is 67.4 Å². The highest BCUT2D eigenvalue weighted by atomic mass is 32.2. The van der Waals surface area contributed by atoms with Crippen LogP contribution >= 0.6 is 11.3 Å². The number of nitrogens with two attached hydrogens (primary N) is 1. The zero-order chi connectivity index (χ0) is 26.9. The highest BCUT2D eigenvalue weighted by Crippen LogP contribution is 2.27. The van der Waals surface area contributed by atoms with Crippen LogP contribution in [0.3, 0.4) is 0 Å². The number of para-hydroxylation sites is 1. The summed E-state index contributed by atoms with van der Waals surface area (Å²) >= 11 is 1.43. The van der Waals surface area contributed by atoms with Gasteiger partial charge in [0.1, 0.15) is 5.75 Å². The second-order valence-electron chi connectivity index (χ2n) is 8.60. The van der Waals surface area contributed by atoms with Gasteiger partial charge < -0.3 is 4.74 Å². The van der Waals surface area contributed by atoms with E-state index in [4.69, 9.17) is 14.9 Å². The predicted octanol–water partition coefficient (Wildman–Crippen LogP) is 4.15. The number of fused-ring (bicyclic) bond motifs is 1. The van der Waals surface area contributed by atoms with Gasteiger partial charge in [0.05, 0.1) is 33.5 Å². The molecule has 2 heterocycles. The maximum absolute atomic E-state index is 13.7. The third kappa shape index (κ3) is 5.17. The molecule has 194 valence electrons. The number of hydrogen-bond acceptors (Lipinski definition) is 7. The SMILES string of the molecule is COc1ccc(-c2[nH]n(-c3nc4ccccc4s3)c(=O)c2C(C)=NCCc2ccc(S(N)(=O)=O)cc2)cc1. The van der Waals surface area contributed by atoms with Gasteiger partial charge >= 0.3 is 0 Å². The van der Waals surface area contributed by atoms with Gasteiger partial charge in [-0.2, -0.15) is 4.68 Å². The Morgan fingerprint density at radius 3 is 2.45 bits per heavy atom. The normalized spacial score (nSPS) is 12.2. The number of aromatic amines is 1. The maximum Gasteiger partial charge on any atom is 0.283 e. The molecule has 0 unspecified atom stereocenters. The van der Waals surface area contributed by atoms with Crippen molar-refractivity contribution in [2.75, 3.05) is 13.7 Å². The van der Waals surface area contributed by atoms with Gasteiger partial charge in [-0.1, -0.05) is 35.6 Å². The van der Waals surface area contributed by atoms with Crippen LogP contribution in [0, 0.1) is 0 Å². The summed E-state index contributed by atoms with van der Waals surface area (Å²) in [5.74, 6) is 0.710. The molecule has 0 saturated heterocycles. The lowest BCUT2D eigenvalue weighted by Crippen LogP contribution is -2.19. The van der Waals surface area contributed by atoms with Crippen molar-refractivity contribution < 1.29 is 13.2 Å². The van der Waals surface area contributed by atoms with Crippen LogP contribution in [-0.4, -0.2) is 42.5 Å². The van der Waals surface area contributed by atoms with Crippen molar-refractivity contribution in [3.05, 3.63) is 94.3 Å². The Hall–Kier alpha value is -4.06. The molecule has 5 aromatic rings. The van der Waals surface area contributed by atoms with Gasteiger partial charge in [-0.15, -0.1) is 0 Å². The van der Waals surface area contributed by atoms with E-state index in [1.807, 2.05) is 55.5 Å². The molecule has 0 aliphatic heterocycles. The third-order valence-corrected chi connectivity index (χ3v) is 8.06. The van der Waals surface area contributed by atoms with Crippen LogP contribution in [0.5, 0.6) is 5.75 Å². The highest BCUT2D eigenvalue weighted by molar-refractivity contribution is 7.89. The fraction of sp³-hybridized carbons (Fsp3) is 0.148. The lowest BCUT2D eigenvalue weighted by molar-refractivity contribution is 0.415. The molecule has 38 heavy (non-hydrogen) atoms. The number of hydrogen-bond donors (Lipinski definition) is 2. The van der Waals surface area contributed by atoms with E-state index in [1.165, 1.54) is 28.2 Å². The number of aromatic nitrogens is 3. The van der Waals surface area contributed by atoms with E-state index in [0.29, 0.717) is 40.8 Å². The molecule has 0 atom stereocenters. The van der Waals surface area contributed by atoms with Crippen LogP contribution in [0.2, 0.25) is 0 Å². The Balaban J connectivity index is 1.50. The number of benzene rings is 3. The van der Waals surface area contributed by atoms with Gasteiger partial charge in [0, 0.05) is 17.8 Å². The van der Waals surface area contributed by atoms with Crippen molar-refractivity contribution in [2.45, 2.75) is 18.2 Å². The Kier molecular flexibility index (Phi) is 6.98. The average molecular weight is 548 g/mol. The van der Waals surface area contributed by atoms with E-state index in [9.17, 15) is 13.2 Å². The van der Waals surface area contributed by atoms with Gasteiger partial charge in [-0.3, -0.25) is 14.9 Å². The van der Waals surface area contributed by atoms with Crippen molar-refractivity contribution in [3.8, 4) is 22.1 Å². The van der Waals surface area contributed by atoms with Gasteiger partial charge in [0.2, 0.25) is 15.2 Å². The molecule has 0 aliphatic rings. The molecular weight excluding hydrogens is 522 g/mol. The second-order valence-corrected chi connectivity index (χ2v) is 11.2. The van der Waals surface area contributed by atoms with E-state index >= 15 is 0 Å². The summed E-state index contributed by atoms with van der Waals surface area (Å²) in [5, 5.41) is 8.97. The topological polar surface area (TPSA) is 132 Å². The smallest absolute Gasteiger partial charge is 0.283 e. The van der Waals surface area contributed by atoms with Crippen LogP contribution in [0.4, 0.5) is 0 Å². The summed E-state index contributed by atoms with van der Waals surface area (Å²) in [6.45, 7) is 2.22. The number of primary sulfonamides is 1. The van der Waals surface area contributed by atoms with Crippen molar-refractivity contribution >= 4 is 37.3 Å². The highest BCUT2D eigenvalue weighted by Gasteiger charge is 2.21. The quantitative estimate of drug-likeness (QED) is 0.282. The zero-order valence-electron chi connectivity index (χ0n) is 20.7. The van der Waals surface area contributed by atoms with Crippen molar-refractivity contribution in [2.24, 2.45) is 10.1 Å². The molecule has 11 heteroatoms.